The van der Waals surface area contributed by atoms with Crippen molar-refractivity contribution >= 4 is 0 Å². The fourth-order valence-electron chi connectivity index (χ4n) is 1.79. The van der Waals surface area contributed by atoms with Gasteiger partial charge in [-0.3, -0.25) is 10.4 Å². The van der Waals surface area contributed by atoms with Gasteiger partial charge in [-0.05, 0) is 18.6 Å². The molecule has 4 N–H and O–H groups in total. The first-order chi connectivity index (χ1) is 6.29. The average Bonchev–Trinajstić information content (AvgIpc) is 2.48. The summed E-state index contributed by atoms with van der Waals surface area (Å²) in [6.07, 6.45) is 3.62. The second-order valence-corrected chi connectivity index (χ2v) is 3.42. The lowest BCUT2D eigenvalue weighted by atomic mass is 9.93. The van der Waals surface area contributed by atoms with E-state index in [4.69, 9.17) is 5.73 Å². The number of nitrogens with one attached hydrogen (secondary N) is 2. The highest BCUT2D eigenvalue weighted by atomic mass is 15.4. The maximum atomic E-state index is 5.90. The molecular weight excluding hydrogens is 164 g/mol. The number of hydrazine groups is 1. The van der Waals surface area contributed by atoms with Crippen molar-refractivity contribution in [3.05, 3.63) is 30.1 Å². The Kier molecular flexibility index (Phi) is 2.26. The maximum absolute atomic E-state index is 5.90. The minimum Gasteiger partial charge on any atom is -0.314 e. The van der Waals surface area contributed by atoms with Crippen LogP contribution in [-0.4, -0.2) is 17.2 Å². The van der Waals surface area contributed by atoms with Gasteiger partial charge in [0, 0.05) is 24.4 Å². The molecule has 0 radical (unpaired) electrons. The third-order valence-electron chi connectivity index (χ3n) is 2.47. The van der Waals surface area contributed by atoms with E-state index >= 15 is 0 Å². The van der Waals surface area contributed by atoms with Crippen molar-refractivity contribution in [3.63, 3.8) is 0 Å². The average molecular weight is 178 g/mol. The van der Waals surface area contributed by atoms with E-state index in [2.05, 4.69) is 28.8 Å². The monoisotopic (exact) mass is 178 g/mol. The van der Waals surface area contributed by atoms with Gasteiger partial charge in [0.25, 0.3) is 0 Å². The minimum absolute atomic E-state index is 0.0285. The minimum atomic E-state index is -0.0285. The molecule has 1 aliphatic rings. The van der Waals surface area contributed by atoms with Crippen LogP contribution in [0.4, 0.5) is 0 Å². The Hall–Kier alpha value is -0.970. The molecular formula is C9H14N4. The number of nitrogens with zero attached hydrogens (tertiary/aromatic N) is 1. The molecule has 3 unspecified atom stereocenters. The van der Waals surface area contributed by atoms with Crippen molar-refractivity contribution in [3.8, 4) is 0 Å². The van der Waals surface area contributed by atoms with Crippen LogP contribution in [0.1, 0.15) is 18.4 Å². The van der Waals surface area contributed by atoms with Crippen LogP contribution in [0.2, 0.25) is 0 Å². The number of hydrogen-bond donors (Lipinski definition) is 3. The zero-order valence-corrected chi connectivity index (χ0v) is 7.57. The van der Waals surface area contributed by atoms with E-state index in [-0.39, 0.29) is 6.17 Å². The summed E-state index contributed by atoms with van der Waals surface area (Å²) < 4.78 is 0. The van der Waals surface area contributed by atoms with Gasteiger partial charge in [-0.15, -0.1) is 0 Å². The van der Waals surface area contributed by atoms with Crippen molar-refractivity contribution in [1.82, 2.24) is 15.8 Å². The first kappa shape index (κ1) is 8.62. The van der Waals surface area contributed by atoms with E-state index in [9.17, 15) is 0 Å². The van der Waals surface area contributed by atoms with E-state index in [1.807, 2.05) is 12.3 Å². The fraction of sp³-hybridized carbons (Fsp3) is 0.444. The molecule has 4 nitrogen and oxygen atoms in total. The second-order valence-electron chi connectivity index (χ2n) is 3.42. The first-order valence-electron chi connectivity index (χ1n) is 4.45. The Morgan fingerprint density at radius 3 is 2.85 bits per heavy atom. The first-order valence-corrected chi connectivity index (χ1v) is 4.45. The van der Waals surface area contributed by atoms with Crippen molar-refractivity contribution in [2.24, 2.45) is 5.73 Å². The summed E-state index contributed by atoms with van der Waals surface area (Å²) >= 11 is 0. The molecule has 13 heavy (non-hydrogen) atoms. The van der Waals surface area contributed by atoms with Gasteiger partial charge in [-0.1, -0.05) is 6.07 Å². The summed E-state index contributed by atoms with van der Waals surface area (Å²) in [5.74, 6) is 0.300. The van der Waals surface area contributed by atoms with E-state index < -0.39 is 0 Å². The molecule has 1 aliphatic heterocycles. The standard InChI is InChI=1S/C9H14N4/c1-6-8(9(10)13-12-6)7-3-2-4-11-5-7/h2-6,8-9,12-13H,10H2,1H3. The molecule has 2 rings (SSSR count). The van der Waals surface area contributed by atoms with Gasteiger partial charge in [0.05, 0.1) is 6.17 Å². The number of hydrogen-bond acceptors (Lipinski definition) is 4. The summed E-state index contributed by atoms with van der Waals surface area (Å²) in [6, 6.07) is 4.34. The van der Waals surface area contributed by atoms with Crippen LogP contribution in [0.25, 0.3) is 0 Å². The molecule has 0 spiro atoms. The highest BCUT2D eigenvalue weighted by Gasteiger charge is 2.31. The zero-order valence-electron chi connectivity index (χ0n) is 7.57. The van der Waals surface area contributed by atoms with Crippen LogP contribution in [-0.2, 0) is 0 Å². The van der Waals surface area contributed by atoms with E-state index in [0.717, 1.165) is 0 Å². The van der Waals surface area contributed by atoms with E-state index in [0.29, 0.717) is 12.0 Å². The maximum Gasteiger partial charge on any atom is 0.0764 e. The number of aromatic nitrogens is 1. The summed E-state index contributed by atoms with van der Waals surface area (Å²) in [5.41, 5.74) is 13.2. The lowest BCUT2D eigenvalue weighted by molar-refractivity contribution is 0.546. The fourth-order valence-corrected chi connectivity index (χ4v) is 1.79. The summed E-state index contributed by atoms with van der Waals surface area (Å²) in [4.78, 5) is 4.09. The third kappa shape index (κ3) is 1.56. The summed E-state index contributed by atoms with van der Waals surface area (Å²) in [5, 5.41) is 0. The molecule has 1 fully saturated rings. The van der Waals surface area contributed by atoms with Gasteiger partial charge in [0.2, 0.25) is 0 Å². The molecule has 0 aliphatic carbocycles. The topological polar surface area (TPSA) is 63.0 Å². The lowest BCUT2D eigenvalue weighted by Gasteiger charge is -2.17. The predicted molar refractivity (Wildman–Crippen MR) is 50.7 cm³/mol. The second kappa shape index (κ2) is 3.41. The van der Waals surface area contributed by atoms with Crippen molar-refractivity contribution in [2.45, 2.75) is 25.0 Å². The molecule has 1 aromatic rings. The van der Waals surface area contributed by atoms with Crippen molar-refractivity contribution < 1.29 is 0 Å². The van der Waals surface area contributed by atoms with Gasteiger partial charge in [-0.25, -0.2) is 5.43 Å². The van der Waals surface area contributed by atoms with Gasteiger partial charge in [0.15, 0.2) is 0 Å². The number of rotatable bonds is 1. The van der Waals surface area contributed by atoms with Crippen LogP contribution in [0, 0.1) is 0 Å². The van der Waals surface area contributed by atoms with Crippen LogP contribution in [0.15, 0.2) is 24.5 Å². The molecule has 0 bridgehead atoms. The summed E-state index contributed by atoms with van der Waals surface area (Å²) in [7, 11) is 0. The van der Waals surface area contributed by atoms with Gasteiger partial charge < -0.3 is 5.73 Å². The Labute approximate surface area is 77.5 Å². The Balaban J connectivity index is 2.25. The molecule has 4 heteroatoms. The summed E-state index contributed by atoms with van der Waals surface area (Å²) in [6.45, 7) is 2.11. The Morgan fingerprint density at radius 1 is 1.46 bits per heavy atom. The molecule has 3 atom stereocenters. The van der Waals surface area contributed by atoms with Crippen LogP contribution in [0.5, 0.6) is 0 Å². The lowest BCUT2D eigenvalue weighted by Crippen LogP contribution is -2.38. The van der Waals surface area contributed by atoms with E-state index in [1.54, 1.807) is 6.20 Å². The Bertz CT molecular complexity index is 264. The normalized spacial score (nSPS) is 33.5. The van der Waals surface area contributed by atoms with Crippen LogP contribution >= 0.6 is 0 Å². The highest BCUT2D eigenvalue weighted by Crippen LogP contribution is 2.23. The largest absolute Gasteiger partial charge is 0.314 e. The molecule has 0 amide bonds. The molecule has 70 valence electrons. The molecule has 0 aromatic carbocycles. The highest BCUT2D eigenvalue weighted by molar-refractivity contribution is 5.20. The number of nitrogens with two attached hydrogens (primary N) is 1. The van der Waals surface area contributed by atoms with Gasteiger partial charge in [0.1, 0.15) is 0 Å². The van der Waals surface area contributed by atoms with Crippen LogP contribution < -0.4 is 16.6 Å². The molecule has 0 saturated carbocycles. The predicted octanol–water partition coefficient (Wildman–Crippen LogP) is -0.0537. The van der Waals surface area contributed by atoms with Crippen molar-refractivity contribution in [2.75, 3.05) is 0 Å². The van der Waals surface area contributed by atoms with Gasteiger partial charge in [-0.2, -0.15) is 0 Å². The third-order valence-corrected chi connectivity index (χ3v) is 2.47. The number of pyridine rings is 1. The Morgan fingerprint density at radius 2 is 2.31 bits per heavy atom. The van der Waals surface area contributed by atoms with Crippen molar-refractivity contribution in [1.29, 1.82) is 0 Å². The molecule has 1 aromatic heterocycles. The SMILES string of the molecule is CC1NNC(N)C1c1cccnc1. The quantitative estimate of drug-likeness (QED) is 0.564. The smallest absolute Gasteiger partial charge is 0.0764 e. The van der Waals surface area contributed by atoms with Crippen LogP contribution in [0.3, 0.4) is 0 Å². The molecule has 1 saturated heterocycles. The van der Waals surface area contributed by atoms with E-state index in [1.165, 1.54) is 5.56 Å². The zero-order chi connectivity index (χ0) is 9.26. The molecule has 2 heterocycles. The van der Waals surface area contributed by atoms with Gasteiger partial charge >= 0.3 is 0 Å².